The topological polar surface area (TPSA) is 17.1 Å². The molecule has 34 valence electrons. The van der Waals surface area contributed by atoms with Gasteiger partial charge in [0.2, 0.25) is 0 Å². The number of hydrogen-bond donors (Lipinski definition) is 1. The largest absolute Gasteiger partial charge is 0.292 e. The molecule has 0 saturated heterocycles. The lowest BCUT2D eigenvalue weighted by atomic mass is 11.8. The van der Waals surface area contributed by atoms with Crippen LogP contribution in [0.25, 0.3) is 0 Å². The van der Waals surface area contributed by atoms with Gasteiger partial charge in [0.1, 0.15) is 0 Å². The Bertz CT molecular complexity index is 120. The molecular formula is C2H2FOPS. The van der Waals surface area contributed by atoms with Crippen molar-refractivity contribution in [2.75, 3.05) is 0 Å². The molecule has 0 aliphatic carbocycles. The summed E-state index contributed by atoms with van der Waals surface area (Å²) in [6.07, 6.45) is 0. The van der Waals surface area contributed by atoms with E-state index in [9.17, 15) is 9.18 Å². The van der Waals surface area contributed by atoms with Crippen molar-refractivity contribution in [3.8, 4) is 5.88 Å². The lowest BCUT2D eigenvalue weighted by Gasteiger charge is -1.63. The van der Waals surface area contributed by atoms with Crippen molar-refractivity contribution in [1.82, 2.24) is 0 Å². The Hall–Kier alpha value is 0.0300. The van der Waals surface area contributed by atoms with Gasteiger partial charge in [0.15, 0.2) is 6.03 Å². The van der Waals surface area contributed by atoms with Crippen molar-refractivity contribution >= 4 is 24.9 Å². The average Bonchev–Trinajstić information content (AvgIpc) is 1.65. The molecule has 0 aromatic rings. The minimum absolute atomic E-state index is 0.415. The van der Waals surface area contributed by atoms with Crippen LogP contribution in [-0.2, 0) is 4.79 Å². The first-order valence-corrected chi connectivity index (χ1v) is 3.67. The number of thiol groups is 1. The van der Waals surface area contributed by atoms with Crippen molar-refractivity contribution in [3.63, 3.8) is 0 Å². The van der Waals surface area contributed by atoms with E-state index >= 15 is 0 Å². The number of rotatable bonds is 0. The molecule has 0 spiro atoms. The van der Waals surface area contributed by atoms with Gasteiger partial charge in [-0.1, -0.05) is 0 Å². The van der Waals surface area contributed by atoms with Crippen LogP contribution in [0.4, 0.5) is 4.39 Å². The zero-order valence-electron chi connectivity index (χ0n) is 2.76. The first-order valence-electron chi connectivity index (χ1n) is 1.11. The maximum absolute atomic E-state index is 10.9. The molecule has 0 saturated carbocycles. The van der Waals surface area contributed by atoms with E-state index < -0.39 is 6.58 Å². The quantitative estimate of drug-likeness (QED) is 0.293. The molecule has 0 aromatic heterocycles. The van der Waals surface area contributed by atoms with E-state index in [0.717, 1.165) is 0 Å². The standard InChI is InChI=1S/C2H2FOPS/c3-1-5(6)2-4/h2,6H. The molecule has 0 N–H and O–H groups in total. The van der Waals surface area contributed by atoms with Crippen molar-refractivity contribution in [2.24, 2.45) is 0 Å². The second kappa shape index (κ2) is 3.23. The van der Waals surface area contributed by atoms with Crippen LogP contribution in [0.15, 0.2) is 0 Å². The van der Waals surface area contributed by atoms with E-state index in [2.05, 4.69) is 12.2 Å². The van der Waals surface area contributed by atoms with Gasteiger partial charge in [0.25, 0.3) is 0 Å². The van der Waals surface area contributed by atoms with Gasteiger partial charge >= 0.3 is 0 Å². The summed E-state index contributed by atoms with van der Waals surface area (Å²) in [5.74, 6) is 1.18. The van der Waals surface area contributed by atoms with E-state index in [1.807, 2.05) is 0 Å². The maximum atomic E-state index is 10.9. The predicted molar refractivity (Wildman–Crippen MR) is 27.7 cm³/mol. The third-order valence-electron chi connectivity index (χ3n) is 0.186. The van der Waals surface area contributed by atoms with Crippen LogP contribution in [0.3, 0.4) is 0 Å². The van der Waals surface area contributed by atoms with Crippen molar-refractivity contribution in [3.05, 3.63) is 0 Å². The molecule has 0 aliphatic heterocycles. The summed E-state index contributed by atoms with van der Waals surface area (Å²) in [5.41, 5.74) is 0. The Kier molecular flexibility index (Phi) is 3.24. The van der Waals surface area contributed by atoms with E-state index in [0.29, 0.717) is 6.03 Å². The highest BCUT2D eigenvalue weighted by Crippen LogP contribution is 2.17. The van der Waals surface area contributed by atoms with Gasteiger partial charge in [-0.2, -0.15) is 0 Å². The van der Waals surface area contributed by atoms with Gasteiger partial charge in [-0.05, 0) is 0 Å². The number of halogens is 1. The highest BCUT2D eigenvalue weighted by Gasteiger charge is 1.70. The molecule has 4 heteroatoms. The first kappa shape index (κ1) is 6.03. The normalized spacial score (nSPS) is 9.33. The lowest BCUT2D eigenvalue weighted by Crippen LogP contribution is -1.40. The molecule has 0 aromatic carbocycles. The highest BCUT2D eigenvalue weighted by molar-refractivity contribution is 8.45. The van der Waals surface area contributed by atoms with E-state index in [1.165, 1.54) is 5.88 Å². The molecule has 0 radical (unpaired) electrons. The fourth-order valence-corrected chi connectivity index (χ4v) is 0.0598. The van der Waals surface area contributed by atoms with Gasteiger partial charge in [0.05, 0.1) is 5.88 Å². The monoisotopic (exact) mass is 124 g/mol. The van der Waals surface area contributed by atoms with E-state index in [1.54, 1.807) is 0 Å². The highest BCUT2D eigenvalue weighted by atomic mass is 32.7. The molecule has 0 heterocycles. The predicted octanol–water partition coefficient (Wildman–Crippen LogP) is 1.39. The molecular weight excluding hydrogens is 122 g/mol. The van der Waals surface area contributed by atoms with Crippen LogP contribution in [0.5, 0.6) is 0 Å². The zero-order valence-corrected chi connectivity index (χ0v) is 4.55. The Balaban J connectivity index is 3.74. The lowest BCUT2D eigenvalue weighted by molar-refractivity contribution is 0.569. The number of hydrogen-bond acceptors (Lipinski definition) is 2. The molecule has 1 unspecified atom stereocenters. The second-order valence-corrected chi connectivity index (χ2v) is 2.90. The summed E-state index contributed by atoms with van der Waals surface area (Å²) in [7, 11) is 0. The fourth-order valence-electron chi connectivity index (χ4n) is 0.0199. The summed E-state index contributed by atoms with van der Waals surface area (Å²) in [6.45, 7) is -1.48. The summed E-state index contributed by atoms with van der Waals surface area (Å²) < 4.78 is 10.9. The van der Waals surface area contributed by atoms with Gasteiger partial charge in [-0.15, -0.1) is 16.6 Å². The van der Waals surface area contributed by atoms with Gasteiger partial charge in [0, 0.05) is 6.58 Å². The fraction of sp³-hybridized carbons (Fsp3) is 0. The van der Waals surface area contributed by atoms with Crippen LogP contribution < -0.4 is 0 Å². The average molecular weight is 124 g/mol. The van der Waals surface area contributed by atoms with Crippen LogP contribution in [-0.4, -0.2) is 6.03 Å². The van der Waals surface area contributed by atoms with E-state index in [-0.39, 0.29) is 0 Å². The van der Waals surface area contributed by atoms with Crippen molar-refractivity contribution in [2.45, 2.75) is 0 Å². The summed E-state index contributed by atoms with van der Waals surface area (Å²) >= 11 is 3.44. The molecule has 0 fully saturated rings. The number of carbonyl (C=O) groups excluding carboxylic acids is 1. The van der Waals surface area contributed by atoms with Crippen LogP contribution in [0.2, 0.25) is 0 Å². The second-order valence-electron chi connectivity index (χ2n) is 0.534. The minimum Gasteiger partial charge on any atom is -0.292 e. The smallest absolute Gasteiger partial charge is 0.180 e. The minimum atomic E-state index is -1.48. The Labute approximate surface area is 40.8 Å². The third kappa shape index (κ3) is 2.28. The molecule has 0 amide bonds. The third-order valence-corrected chi connectivity index (χ3v) is 1.07. The molecule has 0 rings (SSSR count). The van der Waals surface area contributed by atoms with Crippen molar-refractivity contribution < 1.29 is 9.18 Å². The molecule has 0 bridgehead atoms. The SMILES string of the molecule is O=CP(S)#CF. The van der Waals surface area contributed by atoms with Gasteiger partial charge < -0.3 is 0 Å². The molecule has 1 nitrogen and oxygen atoms in total. The van der Waals surface area contributed by atoms with Gasteiger partial charge in [-0.25, -0.2) is 0 Å². The Morgan fingerprint density at radius 3 is 2.50 bits per heavy atom. The van der Waals surface area contributed by atoms with Crippen LogP contribution >= 0.6 is 18.8 Å². The summed E-state index contributed by atoms with van der Waals surface area (Å²) in [4.78, 5) is 9.39. The maximum Gasteiger partial charge on any atom is 0.180 e. The van der Waals surface area contributed by atoms with Crippen molar-refractivity contribution in [1.29, 1.82) is 0 Å². The summed E-state index contributed by atoms with van der Waals surface area (Å²) in [6, 6.07) is 0.415. The molecule has 0 aliphatic rings. The molecule has 6 heavy (non-hydrogen) atoms. The zero-order chi connectivity index (χ0) is 4.99. The Morgan fingerprint density at radius 2 is 2.50 bits per heavy atom. The first-order chi connectivity index (χ1) is 2.81. The molecule has 1 atom stereocenters. The van der Waals surface area contributed by atoms with E-state index in [4.69, 9.17) is 0 Å². The van der Waals surface area contributed by atoms with Crippen LogP contribution in [0, 0.1) is 5.88 Å². The number of carbonyl (C=O) groups is 1. The van der Waals surface area contributed by atoms with Crippen LogP contribution in [0.1, 0.15) is 0 Å². The Morgan fingerprint density at radius 1 is 2.00 bits per heavy atom. The summed E-state index contributed by atoms with van der Waals surface area (Å²) in [5, 5.41) is 0. The van der Waals surface area contributed by atoms with Gasteiger partial charge in [-0.3, -0.25) is 4.79 Å².